The molecule has 0 atom stereocenters. The minimum atomic E-state index is -0.438. The van der Waals surface area contributed by atoms with Crippen LogP contribution in [0.4, 0.5) is 22.0 Å². The summed E-state index contributed by atoms with van der Waals surface area (Å²) in [6.45, 7) is 5.99. The number of hydrogen-bond acceptors (Lipinski definition) is 4. The maximum atomic E-state index is 12.3. The van der Waals surface area contributed by atoms with Gasteiger partial charge in [0.1, 0.15) is 12.8 Å². The number of nitrogens with one attached hydrogen (secondary N) is 3. The summed E-state index contributed by atoms with van der Waals surface area (Å²) in [5, 5.41) is 12.0. The van der Waals surface area contributed by atoms with Gasteiger partial charge >= 0.3 is 11.9 Å². The van der Waals surface area contributed by atoms with E-state index >= 15 is 0 Å². The second-order valence-electron chi connectivity index (χ2n) is 7.63. The molecule has 0 aliphatic rings. The van der Waals surface area contributed by atoms with Crippen molar-refractivity contribution in [3.8, 4) is 0 Å². The highest BCUT2D eigenvalue weighted by Gasteiger charge is 2.20. The first-order chi connectivity index (χ1) is 13.7. The molecular weight excluding hydrogens is 370 g/mol. The van der Waals surface area contributed by atoms with Crippen molar-refractivity contribution in [2.45, 2.75) is 26.2 Å². The van der Waals surface area contributed by atoms with Gasteiger partial charge in [-0.3, -0.25) is 10.1 Å². The van der Waals surface area contributed by atoms with Crippen LogP contribution in [0.2, 0.25) is 0 Å². The molecule has 0 aliphatic heterocycles. The molecule has 0 bridgehead atoms. The number of carbonyl (C=O) groups is 2. The number of rotatable bonds is 4. The zero-order valence-corrected chi connectivity index (χ0v) is 16.8. The molecule has 1 aromatic carbocycles. The normalized spacial score (nSPS) is 11.0. The molecule has 0 radical (unpaired) electrons. The summed E-state index contributed by atoms with van der Waals surface area (Å²) in [5.74, 6) is 0.805. The number of pyridine rings is 1. The fraction of sp³-hybridized carbons (Fsp3) is 0.238. The predicted octanol–water partition coefficient (Wildman–Crippen LogP) is 3.69. The molecule has 0 aliphatic carbocycles. The summed E-state index contributed by atoms with van der Waals surface area (Å²) in [4.78, 5) is 24.5. The lowest BCUT2D eigenvalue weighted by molar-refractivity contribution is -0.673. The quantitative estimate of drug-likeness (QED) is 0.588. The molecule has 150 valence electrons. The molecular formula is C21H24N5O3+. The Hall–Kier alpha value is -3.68. The minimum Gasteiger partial charge on any atom is -0.359 e. The molecule has 3 N–H and O–H groups in total. The van der Waals surface area contributed by atoms with Gasteiger partial charge in [-0.25, -0.2) is 4.79 Å². The summed E-state index contributed by atoms with van der Waals surface area (Å²) in [6.07, 6.45) is 1.81. The minimum absolute atomic E-state index is 0.194. The highest BCUT2D eigenvalue weighted by Crippen LogP contribution is 2.24. The van der Waals surface area contributed by atoms with Gasteiger partial charge in [-0.05, 0) is 30.3 Å². The van der Waals surface area contributed by atoms with Crippen LogP contribution in [0.1, 0.15) is 37.0 Å². The number of aromatic nitrogens is 2. The zero-order chi connectivity index (χ0) is 21.0. The van der Waals surface area contributed by atoms with E-state index in [0.29, 0.717) is 28.6 Å². The maximum absolute atomic E-state index is 12.3. The molecule has 3 aromatic rings. The van der Waals surface area contributed by atoms with Gasteiger partial charge in [0.25, 0.3) is 5.69 Å². The van der Waals surface area contributed by atoms with Crippen LogP contribution in [-0.2, 0) is 12.5 Å². The van der Waals surface area contributed by atoms with E-state index in [1.165, 1.54) is 0 Å². The van der Waals surface area contributed by atoms with Crippen LogP contribution in [-0.4, -0.2) is 17.1 Å². The Morgan fingerprint density at radius 1 is 0.966 bits per heavy atom. The molecule has 3 rings (SSSR count). The van der Waals surface area contributed by atoms with Crippen molar-refractivity contribution in [2.75, 3.05) is 16.0 Å². The Morgan fingerprint density at radius 2 is 1.62 bits per heavy atom. The summed E-state index contributed by atoms with van der Waals surface area (Å²) in [7, 11) is 1.81. The highest BCUT2D eigenvalue weighted by atomic mass is 16.5. The van der Waals surface area contributed by atoms with Crippen molar-refractivity contribution in [1.29, 1.82) is 0 Å². The second kappa shape index (κ2) is 8.14. The van der Waals surface area contributed by atoms with Crippen molar-refractivity contribution >= 4 is 29.1 Å². The molecule has 29 heavy (non-hydrogen) atoms. The van der Waals surface area contributed by atoms with Gasteiger partial charge in [-0.2, -0.15) is 4.57 Å². The smallest absolute Gasteiger partial charge is 0.324 e. The number of anilines is 3. The Morgan fingerprint density at radius 3 is 2.21 bits per heavy atom. The third-order valence-electron chi connectivity index (χ3n) is 4.18. The lowest BCUT2D eigenvalue weighted by Gasteiger charge is -2.12. The molecule has 0 unspecified atom stereocenters. The van der Waals surface area contributed by atoms with E-state index < -0.39 is 6.03 Å². The van der Waals surface area contributed by atoms with Gasteiger partial charge in [0.05, 0.1) is 0 Å². The zero-order valence-electron chi connectivity index (χ0n) is 16.8. The second-order valence-corrected chi connectivity index (χ2v) is 7.63. The predicted molar refractivity (Wildman–Crippen MR) is 110 cm³/mol. The van der Waals surface area contributed by atoms with Crippen LogP contribution in [0, 0.1) is 0 Å². The number of nitrogens with zero attached hydrogens (tertiary/aromatic N) is 2. The standard InChI is InChI=1S/C21H23N5O3/c1-21(2,3)17-13-18(25-29-17)24-20(28)23-15-10-8-14(9-11-15)22-19(27)16-7-5-6-12-26(16)4/h5-13H,1-4H3,(H2,24,25,27,28)/p+1. The Labute approximate surface area is 168 Å². The van der Waals surface area contributed by atoms with Gasteiger partial charge < -0.3 is 15.2 Å². The first-order valence-corrected chi connectivity index (χ1v) is 9.13. The highest BCUT2D eigenvalue weighted by molar-refractivity contribution is 6.02. The Kier molecular flexibility index (Phi) is 5.63. The molecule has 2 heterocycles. The van der Waals surface area contributed by atoms with Gasteiger partial charge in [0, 0.05) is 35.0 Å². The Bertz CT molecular complexity index is 1020. The van der Waals surface area contributed by atoms with Crippen LogP contribution in [0.15, 0.2) is 59.3 Å². The van der Waals surface area contributed by atoms with Crippen LogP contribution >= 0.6 is 0 Å². The molecule has 8 nitrogen and oxygen atoms in total. The van der Waals surface area contributed by atoms with Gasteiger partial charge in [0.2, 0.25) is 0 Å². The first kappa shape index (κ1) is 20.1. The molecule has 0 spiro atoms. The number of urea groups is 1. The average Bonchev–Trinajstić information content (AvgIpc) is 3.12. The summed E-state index contributed by atoms with van der Waals surface area (Å²) in [6, 6.07) is 13.5. The van der Waals surface area contributed by atoms with E-state index in [1.54, 1.807) is 60.3 Å². The van der Waals surface area contributed by atoms with E-state index in [4.69, 9.17) is 4.52 Å². The van der Waals surface area contributed by atoms with Crippen LogP contribution in [0.5, 0.6) is 0 Å². The molecule has 0 fully saturated rings. The summed E-state index contributed by atoms with van der Waals surface area (Å²) in [5.41, 5.74) is 1.54. The molecule has 0 saturated carbocycles. The van der Waals surface area contributed by atoms with E-state index in [-0.39, 0.29) is 11.3 Å². The SMILES string of the molecule is C[n+]1ccccc1C(=O)Nc1ccc(NC(=O)Nc2cc(C(C)(C)C)on2)cc1. The number of hydrogen-bond donors (Lipinski definition) is 3. The first-order valence-electron chi connectivity index (χ1n) is 9.13. The number of benzene rings is 1. The van der Waals surface area contributed by atoms with Crippen molar-refractivity contribution in [3.05, 3.63) is 66.2 Å². The Balaban J connectivity index is 1.57. The van der Waals surface area contributed by atoms with Crippen molar-refractivity contribution in [1.82, 2.24) is 5.16 Å². The molecule has 8 heteroatoms. The van der Waals surface area contributed by atoms with E-state index in [1.807, 2.05) is 26.8 Å². The van der Waals surface area contributed by atoms with E-state index in [2.05, 4.69) is 21.1 Å². The maximum Gasteiger partial charge on any atom is 0.324 e. The van der Waals surface area contributed by atoms with Crippen LogP contribution in [0.3, 0.4) is 0 Å². The van der Waals surface area contributed by atoms with E-state index in [0.717, 1.165) is 0 Å². The molecule has 3 amide bonds. The third kappa shape index (κ3) is 5.19. The third-order valence-corrected chi connectivity index (χ3v) is 4.18. The molecule has 2 aromatic heterocycles. The topological polar surface area (TPSA) is 100 Å². The molecule has 0 saturated heterocycles. The lowest BCUT2D eigenvalue weighted by Crippen LogP contribution is -2.37. The number of aryl methyl sites for hydroxylation is 1. The van der Waals surface area contributed by atoms with Crippen molar-refractivity contribution in [3.63, 3.8) is 0 Å². The average molecular weight is 394 g/mol. The number of amides is 3. The van der Waals surface area contributed by atoms with Gasteiger partial charge in [-0.15, -0.1) is 0 Å². The monoisotopic (exact) mass is 394 g/mol. The van der Waals surface area contributed by atoms with Crippen molar-refractivity contribution in [2.24, 2.45) is 7.05 Å². The summed E-state index contributed by atoms with van der Waals surface area (Å²) >= 11 is 0. The van der Waals surface area contributed by atoms with Crippen molar-refractivity contribution < 1.29 is 18.7 Å². The largest absolute Gasteiger partial charge is 0.359 e. The van der Waals surface area contributed by atoms with E-state index in [9.17, 15) is 9.59 Å². The fourth-order valence-electron chi connectivity index (χ4n) is 2.56. The fourth-order valence-corrected chi connectivity index (χ4v) is 2.56. The van der Waals surface area contributed by atoms with Crippen LogP contribution in [0.25, 0.3) is 0 Å². The van der Waals surface area contributed by atoms with Crippen LogP contribution < -0.4 is 20.5 Å². The number of carbonyl (C=O) groups excluding carboxylic acids is 2. The lowest BCUT2D eigenvalue weighted by atomic mass is 9.93. The van der Waals surface area contributed by atoms with Gasteiger partial charge in [0.15, 0.2) is 12.0 Å². The van der Waals surface area contributed by atoms with Gasteiger partial charge in [-0.1, -0.05) is 25.9 Å². The summed E-state index contributed by atoms with van der Waals surface area (Å²) < 4.78 is 6.98.